The van der Waals surface area contributed by atoms with Crippen LogP contribution in [0.3, 0.4) is 0 Å². The SMILES string of the molecule is CCOc1ccc(C2=C(N3CCCC(CO)C3)C(=O)N(c3cc(C)cc(C)c3)C2=O)cc1. The van der Waals surface area contributed by atoms with Gasteiger partial charge in [-0.3, -0.25) is 9.59 Å². The van der Waals surface area contributed by atoms with E-state index in [-0.39, 0.29) is 24.3 Å². The number of anilines is 1. The van der Waals surface area contributed by atoms with E-state index in [9.17, 15) is 14.7 Å². The molecule has 0 spiro atoms. The molecule has 32 heavy (non-hydrogen) atoms. The summed E-state index contributed by atoms with van der Waals surface area (Å²) in [5.74, 6) is 0.198. The number of imide groups is 1. The number of hydrogen-bond acceptors (Lipinski definition) is 5. The Balaban J connectivity index is 1.80. The number of hydrogen-bond donors (Lipinski definition) is 1. The van der Waals surface area contributed by atoms with Gasteiger partial charge in [0.1, 0.15) is 11.4 Å². The van der Waals surface area contributed by atoms with Crippen molar-refractivity contribution in [1.29, 1.82) is 0 Å². The van der Waals surface area contributed by atoms with Gasteiger partial charge < -0.3 is 14.7 Å². The molecular formula is C26H30N2O4. The van der Waals surface area contributed by atoms with Crippen molar-refractivity contribution in [3.8, 4) is 5.75 Å². The van der Waals surface area contributed by atoms with Crippen LogP contribution in [0.25, 0.3) is 5.57 Å². The number of piperidine rings is 1. The Kier molecular flexibility index (Phi) is 6.33. The molecule has 1 unspecified atom stereocenters. The molecule has 0 radical (unpaired) electrons. The van der Waals surface area contributed by atoms with Crippen molar-refractivity contribution >= 4 is 23.1 Å². The average Bonchev–Trinajstić information content (AvgIpc) is 3.04. The number of carbonyl (C=O) groups is 2. The van der Waals surface area contributed by atoms with Crippen LogP contribution in [0.1, 0.15) is 36.5 Å². The van der Waals surface area contributed by atoms with Crippen molar-refractivity contribution in [1.82, 2.24) is 4.90 Å². The molecule has 1 fully saturated rings. The van der Waals surface area contributed by atoms with Crippen LogP contribution in [0, 0.1) is 19.8 Å². The summed E-state index contributed by atoms with van der Waals surface area (Å²) in [5.41, 5.74) is 4.11. The van der Waals surface area contributed by atoms with E-state index in [1.165, 1.54) is 4.90 Å². The van der Waals surface area contributed by atoms with Gasteiger partial charge in [0, 0.05) is 19.7 Å². The molecule has 0 aromatic heterocycles. The van der Waals surface area contributed by atoms with E-state index < -0.39 is 0 Å². The highest BCUT2D eigenvalue weighted by Crippen LogP contribution is 2.37. The van der Waals surface area contributed by atoms with Gasteiger partial charge in [0.15, 0.2) is 0 Å². The summed E-state index contributed by atoms with van der Waals surface area (Å²) >= 11 is 0. The Morgan fingerprint density at radius 3 is 2.34 bits per heavy atom. The number of rotatable bonds is 6. The lowest BCUT2D eigenvalue weighted by Crippen LogP contribution is -2.40. The number of amides is 2. The summed E-state index contributed by atoms with van der Waals surface area (Å²) < 4.78 is 5.54. The van der Waals surface area contributed by atoms with Crippen molar-refractivity contribution in [2.24, 2.45) is 5.92 Å². The van der Waals surface area contributed by atoms with Gasteiger partial charge in [0.2, 0.25) is 0 Å². The van der Waals surface area contributed by atoms with E-state index in [0.717, 1.165) is 29.7 Å². The molecule has 1 saturated heterocycles. The number of benzene rings is 2. The fraction of sp³-hybridized carbons (Fsp3) is 0.385. The highest BCUT2D eigenvalue weighted by atomic mass is 16.5. The van der Waals surface area contributed by atoms with Crippen LogP contribution < -0.4 is 9.64 Å². The topological polar surface area (TPSA) is 70.1 Å². The second-order valence-electron chi connectivity index (χ2n) is 8.61. The van der Waals surface area contributed by atoms with Crippen LogP contribution in [0.5, 0.6) is 5.75 Å². The summed E-state index contributed by atoms with van der Waals surface area (Å²) in [6.07, 6.45) is 1.79. The predicted molar refractivity (Wildman–Crippen MR) is 124 cm³/mol. The molecule has 6 heteroatoms. The first-order chi connectivity index (χ1) is 15.4. The van der Waals surface area contributed by atoms with Crippen molar-refractivity contribution in [3.05, 3.63) is 64.9 Å². The Morgan fingerprint density at radius 1 is 1.03 bits per heavy atom. The third kappa shape index (κ3) is 4.15. The molecule has 2 aliphatic heterocycles. The van der Waals surface area contributed by atoms with E-state index >= 15 is 0 Å². The maximum absolute atomic E-state index is 13.7. The first-order valence-electron chi connectivity index (χ1n) is 11.2. The van der Waals surface area contributed by atoms with Gasteiger partial charge in [-0.15, -0.1) is 0 Å². The van der Waals surface area contributed by atoms with E-state index in [4.69, 9.17) is 4.74 Å². The van der Waals surface area contributed by atoms with Gasteiger partial charge in [-0.25, -0.2) is 4.90 Å². The minimum atomic E-state index is -0.315. The largest absolute Gasteiger partial charge is 0.494 e. The zero-order valence-electron chi connectivity index (χ0n) is 18.9. The van der Waals surface area contributed by atoms with Gasteiger partial charge in [-0.05, 0) is 80.5 Å². The van der Waals surface area contributed by atoms with Gasteiger partial charge in [-0.1, -0.05) is 18.2 Å². The highest BCUT2D eigenvalue weighted by Gasteiger charge is 2.43. The fourth-order valence-electron chi connectivity index (χ4n) is 4.69. The molecule has 2 amide bonds. The predicted octanol–water partition coefficient (Wildman–Crippen LogP) is 3.69. The Morgan fingerprint density at radius 2 is 1.72 bits per heavy atom. The number of likely N-dealkylation sites (tertiary alicyclic amines) is 1. The lowest BCUT2D eigenvalue weighted by Gasteiger charge is -2.34. The van der Waals surface area contributed by atoms with Crippen molar-refractivity contribution < 1.29 is 19.4 Å². The van der Waals surface area contributed by atoms with E-state index in [0.29, 0.717) is 42.2 Å². The smallest absolute Gasteiger partial charge is 0.282 e. The molecule has 2 aliphatic rings. The third-order valence-corrected chi connectivity index (χ3v) is 6.07. The second-order valence-corrected chi connectivity index (χ2v) is 8.61. The first-order valence-corrected chi connectivity index (χ1v) is 11.2. The van der Waals surface area contributed by atoms with Crippen LogP contribution in [-0.4, -0.2) is 48.1 Å². The number of aliphatic hydroxyl groups is 1. The molecule has 2 aromatic rings. The summed E-state index contributed by atoms with van der Waals surface area (Å²) in [7, 11) is 0. The lowest BCUT2D eigenvalue weighted by molar-refractivity contribution is -0.120. The number of aryl methyl sites for hydroxylation is 2. The Labute approximate surface area is 189 Å². The van der Waals surface area contributed by atoms with Crippen LogP contribution in [0.2, 0.25) is 0 Å². The minimum Gasteiger partial charge on any atom is -0.494 e. The van der Waals surface area contributed by atoms with Crippen molar-refractivity contribution in [2.75, 3.05) is 31.2 Å². The molecule has 1 atom stereocenters. The van der Waals surface area contributed by atoms with Crippen molar-refractivity contribution in [2.45, 2.75) is 33.6 Å². The third-order valence-electron chi connectivity index (χ3n) is 6.07. The first kappa shape index (κ1) is 22.1. The van der Waals surface area contributed by atoms with Crippen LogP contribution >= 0.6 is 0 Å². The van der Waals surface area contributed by atoms with Crippen LogP contribution in [-0.2, 0) is 9.59 Å². The molecule has 2 heterocycles. The molecule has 1 N–H and O–H groups in total. The normalized spacial score (nSPS) is 19.2. The zero-order valence-corrected chi connectivity index (χ0v) is 18.9. The number of nitrogens with zero attached hydrogens (tertiary/aromatic N) is 2. The average molecular weight is 435 g/mol. The van der Waals surface area contributed by atoms with Crippen molar-refractivity contribution in [3.63, 3.8) is 0 Å². The van der Waals surface area contributed by atoms with E-state index in [1.54, 1.807) is 0 Å². The van der Waals surface area contributed by atoms with Gasteiger partial charge in [-0.2, -0.15) is 0 Å². The quantitative estimate of drug-likeness (QED) is 0.703. The molecule has 168 valence electrons. The highest BCUT2D eigenvalue weighted by molar-refractivity contribution is 6.45. The summed E-state index contributed by atoms with van der Waals surface area (Å²) in [5, 5.41) is 9.71. The summed E-state index contributed by atoms with van der Waals surface area (Å²) in [6, 6.07) is 13.1. The maximum atomic E-state index is 13.7. The molecule has 2 aromatic carbocycles. The lowest BCUT2D eigenvalue weighted by atomic mass is 9.97. The monoisotopic (exact) mass is 434 g/mol. The maximum Gasteiger partial charge on any atom is 0.282 e. The number of carbonyl (C=O) groups excluding carboxylic acids is 2. The number of aliphatic hydroxyl groups excluding tert-OH is 1. The molecular weight excluding hydrogens is 404 g/mol. The summed E-state index contributed by atoms with van der Waals surface area (Å²) in [6.45, 7) is 7.72. The minimum absolute atomic E-state index is 0.0745. The molecule has 6 nitrogen and oxygen atoms in total. The Bertz CT molecular complexity index is 1040. The van der Waals surface area contributed by atoms with E-state index in [2.05, 4.69) is 0 Å². The summed E-state index contributed by atoms with van der Waals surface area (Å²) in [4.78, 5) is 30.7. The van der Waals surface area contributed by atoms with Gasteiger partial charge in [0.25, 0.3) is 11.8 Å². The van der Waals surface area contributed by atoms with E-state index in [1.807, 2.05) is 68.1 Å². The standard InChI is InChI=1S/C26H30N2O4/c1-4-32-22-9-7-20(8-10-22)23-24(27-11-5-6-19(15-27)16-29)26(31)28(25(23)30)21-13-17(2)12-18(3)14-21/h7-10,12-14,19,29H,4-6,11,15-16H2,1-3H3. The molecule has 0 aliphatic carbocycles. The fourth-order valence-corrected chi connectivity index (χ4v) is 4.69. The van der Waals surface area contributed by atoms with Gasteiger partial charge in [0.05, 0.1) is 17.9 Å². The Hall–Kier alpha value is -3.12. The number of ether oxygens (including phenoxy) is 1. The molecule has 4 rings (SSSR count). The van der Waals surface area contributed by atoms with Crippen LogP contribution in [0.4, 0.5) is 5.69 Å². The second kappa shape index (κ2) is 9.17. The zero-order chi connectivity index (χ0) is 22.8. The van der Waals surface area contributed by atoms with Crippen LogP contribution in [0.15, 0.2) is 48.2 Å². The molecule has 0 bridgehead atoms. The van der Waals surface area contributed by atoms with Gasteiger partial charge >= 0.3 is 0 Å². The molecule has 0 saturated carbocycles.